The summed E-state index contributed by atoms with van der Waals surface area (Å²) in [5, 5.41) is 19.4. The van der Waals surface area contributed by atoms with E-state index in [1.165, 1.54) is 4.68 Å². The predicted molar refractivity (Wildman–Crippen MR) is 51.6 cm³/mol. The normalized spacial score (nSPS) is 9.71. The van der Waals surface area contributed by atoms with Gasteiger partial charge in [-0.15, -0.1) is 0 Å². The van der Waals surface area contributed by atoms with E-state index < -0.39 is 0 Å². The molecule has 0 amide bonds. The Morgan fingerprint density at radius 1 is 1.29 bits per heavy atom. The van der Waals surface area contributed by atoms with Crippen molar-refractivity contribution in [2.24, 2.45) is 0 Å². The predicted octanol–water partition coefficient (Wildman–Crippen LogP) is 1.30. The van der Waals surface area contributed by atoms with Crippen molar-refractivity contribution >= 4 is 15.9 Å². The first-order chi connectivity index (χ1) is 6.81. The van der Waals surface area contributed by atoms with Gasteiger partial charge in [0.05, 0.1) is 5.69 Å². The van der Waals surface area contributed by atoms with E-state index in [0.717, 1.165) is 10.2 Å². The standard InChI is InChI=1S/C8H4BrN5/c9-6-1-3-7(4-2-6)14-8(5-10)11-12-13-14/h1-4H. The highest BCUT2D eigenvalue weighted by molar-refractivity contribution is 9.10. The lowest BCUT2D eigenvalue weighted by molar-refractivity contribution is 0.785. The smallest absolute Gasteiger partial charge is 0.189 e. The van der Waals surface area contributed by atoms with E-state index in [-0.39, 0.29) is 5.82 Å². The number of aromatic nitrogens is 4. The van der Waals surface area contributed by atoms with Crippen LogP contribution in [0.2, 0.25) is 0 Å². The zero-order valence-corrected chi connectivity index (χ0v) is 8.51. The van der Waals surface area contributed by atoms with Gasteiger partial charge in [-0.2, -0.15) is 9.94 Å². The molecule has 5 nitrogen and oxygen atoms in total. The molecule has 0 aliphatic rings. The molecule has 0 saturated carbocycles. The number of nitriles is 1. The molecule has 1 heterocycles. The molecule has 0 bridgehead atoms. The largest absolute Gasteiger partial charge is 0.257 e. The number of rotatable bonds is 1. The zero-order chi connectivity index (χ0) is 9.97. The van der Waals surface area contributed by atoms with Gasteiger partial charge in [-0.3, -0.25) is 0 Å². The van der Waals surface area contributed by atoms with Crippen LogP contribution in [0.5, 0.6) is 0 Å². The maximum absolute atomic E-state index is 8.70. The van der Waals surface area contributed by atoms with Gasteiger partial charge in [0.2, 0.25) is 0 Å². The summed E-state index contributed by atoms with van der Waals surface area (Å²) >= 11 is 3.32. The number of halogens is 1. The van der Waals surface area contributed by atoms with Crippen LogP contribution < -0.4 is 0 Å². The maximum atomic E-state index is 8.70. The van der Waals surface area contributed by atoms with Crippen LogP contribution in [0.15, 0.2) is 28.7 Å². The Morgan fingerprint density at radius 2 is 2.00 bits per heavy atom. The fourth-order valence-electron chi connectivity index (χ4n) is 1.01. The van der Waals surface area contributed by atoms with Crippen LogP contribution >= 0.6 is 15.9 Å². The van der Waals surface area contributed by atoms with E-state index >= 15 is 0 Å². The van der Waals surface area contributed by atoms with Gasteiger partial charge in [-0.05, 0) is 34.7 Å². The average molecular weight is 250 g/mol. The van der Waals surface area contributed by atoms with Crippen molar-refractivity contribution in [3.8, 4) is 11.8 Å². The Kier molecular flexibility index (Phi) is 2.24. The Morgan fingerprint density at radius 3 is 2.64 bits per heavy atom. The monoisotopic (exact) mass is 249 g/mol. The molecule has 0 unspecified atom stereocenters. The Balaban J connectivity index is 2.50. The van der Waals surface area contributed by atoms with Crippen molar-refractivity contribution in [2.45, 2.75) is 0 Å². The lowest BCUT2D eigenvalue weighted by atomic mass is 10.3. The van der Waals surface area contributed by atoms with E-state index in [1.54, 1.807) is 0 Å². The molecule has 68 valence electrons. The summed E-state index contributed by atoms with van der Waals surface area (Å²) in [7, 11) is 0. The second-order valence-electron chi connectivity index (χ2n) is 2.50. The minimum absolute atomic E-state index is 0.173. The van der Waals surface area contributed by atoms with E-state index in [2.05, 4.69) is 31.5 Å². The topological polar surface area (TPSA) is 67.4 Å². The van der Waals surface area contributed by atoms with Crippen molar-refractivity contribution in [3.05, 3.63) is 34.6 Å². The molecule has 0 fully saturated rings. The minimum atomic E-state index is 0.173. The molecule has 2 aromatic rings. The molecule has 0 atom stereocenters. The number of hydrogen-bond acceptors (Lipinski definition) is 4. The quantitative estimate of drug-likeness (QED) is 0.764. The third-order valence-electron chi connectivity index (χ3n) is 1.64. The molecule has 0 N–H and O–H groups in total. The lowest BCUT2D eigenvalue weighted by Crippen LogP contribution is -1.99. The molecule has 0 saturated heterocycles. The Hall–Kier alpha value is -1.74. The molecular weight excluding hydrogens is 246 g/mol. The van der Waals surface area contributed by atoms with E-state index in [0.29, 0.717) is 0 Å². The Bertz CT molecular complexity index is 481. The molecule has 1 aromatic heterocycles. The highest BCUT2D eigenvalue weighted by Gasteiger charge is 2.05. The SMILES string of the molecule is N#Cc1nnnn1-c1ccc(Br)cc1. The first-order valence-corrected chi connectivity index (χ1v) is 4.55. The van der Waals surface area contributed by atoms with Crippen molar-refractivity contribution < 1.29 is 0 Å². The molecule has 6 heteroatoms. The van der Waals surface area contributed by atoms with Crippen LogP contribution in [-0.2, 0) is 0 Å². The first-order valence-electron chi connectivity index (χ1n) is 3.75. The van der Waals surface area contributed by atoms with Crippen molar-refractivity contribution in [1.82, 2.24) is 20.2 Å². The summed E-state index contributed by atoms with van der Waals surface area (Å²) in [4.78, 5) is 0. The maximum Gasteiger partial charge on any atom is 0.257 e. The van der Waals surface area contributed by atoms with Crippen LogP contribution in [0, 0.1) is 11.3 Å². The van der Waals surface area contributed by atoms with E-state index in [9.17, 15) is 0 Å². The van der Waals surface area contributed by atoms with Gasteiger partial charge in [0, 0.05) is 4.47 Å². The molecule has 1 aromatic carbocycles. The van der Waals surface area contributed by atoms with Gasteiger partial charge >= 0.3 is 0 Å². The highest BCUT2D eigenvalue weighted by atomic mass is 79.9. The van der Waals surface area contributed by atoms with Crippen LogP contribution in [0.4, 0.5) is 0 Å². The molecular formula is C8H4BrN5. The van der Waals surface area contributed by atoms with E-state index in [1.807, 2.05) is 30.3 Å². The van der Waals surface area contributed by atoms with Gasteiger partial charge < -0.3 is 0 Å². The summed E-state index contributed by atoms with van der Waals surface area (Å²) in [6, 6.07) is 9.26. The summed E-state index contributed by atoms with van der Waals surface area (Å²) < 4.78 is 2.35. The first kappa shape index (κ1) is 8.84. The highest BCUT2D eigenvalue weighted by Crippen LogP contribution is 2.13. The number of benzene rings is 1. The van der Waals surface area contributed by atoms with Gasteiger partial charge in [0.1, 0.15) is 6.07 Å². The lowest BCUT2D eigenvalue weighted by Gasteiger charge is -1.99. The zero-order valence-electron chi connectivity index (χ0n) is 6.92. The summed E-state index contributed by atoms with van der Waals surface area (Å²) in [6.07, 6.45) is 0. The fraction of sp³-hybridized carbons (Fsp3) is 0. The molecule has 2 rings (SSSR count). The van der Waals surface area contributed by atoms with Crippen molar-refractivity contribution in [1.29, 1.82) is 5.26 Å². The van der Waals surface area contributed by atoms with Crippen LogP contribution in [0.3, 0.4) is 0 Å². The summed E-state index contributed by atoms with van der Waals surface area (Å²) in [6.45, 7) is 0. The van der Waals surface area contributed by atoms with Crippen LogP contribution in [0.1, 0.15) is 5.82 Å². The second-order valence-corrected chi connectivity index (χ2v) is 3.42. The van der Waals surface area contributed by atoms with E-state index in [4.69, 9.17) is 5.26 Å². The minimum Gasteiger partial charge on any atom is -0.189 e. The van der Waals surface area contributed by atoms with Crippen LogP contribution in [-0.4, -0.2) is 20.2 Å². The Labute approximate surface area is 88.1 Å². The third-order valence-corrected chi connectivity index (χ3v) is 2.17. The van der Waals surface area contributed by atoms with Crippen molar-refractivity contribution in [2.75, 3.05) is 0 Å². The van der Waals surface area contributed by atoms with Gasteiger partial charge in [0.15, 0.2) is 0 Å². The third kappa shape index (κ3) is 1.49. The van der Waals surface area contributed by atoms with Gasteiger partial charge in [-0.25, -0.2) is 0 Å². The summed E-state index contributed by atoms with van der Waals surface area (Å²) in [5.74, 6) is 0.173. The number of nitrogens with zero attached hydrogens (tertiary/aromatic N) is 5. The van der Waals surface area contributed by atoms with Gasteiger partial charge in [-0.1, -0.05) is 21.0 Å². The average Bonchev–Trinajstić information content (AvgIpc) is 2.67. The molecule has 0 aliphatic carbocycles. The van der Waals surface area contributed by atoms with Crippen molar-refractivity contribution in [3.63, 3.8) is 0 Å². The molecule has 0 spiro atoms. The molecule has 14 heavy (non-hydrogen) atoms. The summed E-state index contributed by atoms with van der Waals surface area (Å²) in [5.41, 5.74) is 0.759. The molecule has 0 aliphatic heterocycles. The second kappa shape index (κ2) is 3.55. The number of tetrazole rings is 1. The molecule has 0 radical (unpaired) electrons. The van der Waals surface area contributed by atoms with Crippen LogP contribution in [0.25, 0.3) is 5.69 Å². The number of hydrogen-bond donors (Lipinski definition) is 0. The fourth-order valence-corrected chi connectivity index (χ4v) is 1.28. The van der Waals surface area contributed by atoms with Gasteiger partial charge in [0.25, 0.3) is 5.82 Å².